The molecule has 102 valence electrons. The first-order valence-electron chi connectivity index (χ1n) is 7.26. The summed E-state index contributed by atoms with van der Waals surface area (Å²) < 4.78 is 0. The van der Waals surface area contributed by atoms with Gasteiger partial charge in [-0.15, -0.1) is 0 Å². The van der Waals surface area contributed by atoms with Gasteiger partial charge in [-0.1, -0.05) is 70.2 Å². The van der Waals surface area contributed by atoms with E-state index in [4.69, 9.17) is 0 Å². The van der Waals surface area contributed by atoms with Gasteiger partial charge in [0.1, 0.15) is 0 Å². The minimum Gasteiger partial charge on any atom is -0.0683 e. The van der Waals surface area contributed by atoms with Crippen molar-refractivity contribution >= 4 is 0 Å². The Balaban J connectivity index is 0.000000861. The summed E-state index contributed by atoms with van der Waals surface area (Å²) in [5.74, 6) is 0.560. The zero-order chi connectivity index (χ0) is 14.4. The average molecular weight is 254 g/mol. The standard InChI is InChI=1S/C17H20.C2H6/c1-12(2)15-10-5-6-11-16(15)17-13(3)8-7-9-14(17)4;1-2/h5-12H,1-4H3;1-2H3. The Morgan fingerprint density at radius 2 is 1.26 bits per heavy atom. The molecule has 0 atom stereocenters. The molecule has 0 aromatic heterocycles. The monoisotopic (exact) mass is 254 g/mol. The molecule has 19 heavy (non-hydrogen) atoms. The van der Waals surface area contributed by atoms with Gasteiger partial charge in [-0.3, -0.25) is 0 Å². The lowest BCUT2D eigenvalue weighted by Gasteiger charge is -2.16. The highest BCUT2D eigenvalue weighted by Gasteiger charge is 2.11. The van der Waals surface area contributed by atoms with E-state index in [9.17, 15) is 0 Å². The van der Waals surface area contributed by atoms with Crippen LogP contribution < -0.4 is 0 Å². The van der Waals surface area contributed by atoms with Gasteiger partial charge in [0.2, 0.25) is 0 Å². The third-order valence-electron chi connectivity index (χ3n) is 3.33. The Kier molecular flexibility index (Phi) is 5.82. The molecule has 0 unspecified atom stereocenters. The van der Waals surface area contributed by atoms with Gasteiger partial charge >= 0.3 is 0 Å². The van der Waals surface area contributed by atoms with Gasteiger partial charge in [-0.25, -0.2) is 0 Å². The number of benzene rings is 2. The fraction of sp³-hybridized carbons (Fsp3) is 0.368. The van der Waals surface area contributed by atoms with Gasteiger partial charge in [-0.05, 0) is 47.6 Å². The maximum absolute atomic E-state index is 2.26. The SMILES string of the molecule is CC.Cc1cccc(C)c1-c1ccccc1C(C)C. The molecule has 0 saturated heterocycles. The number of rotatable bonds is 2. The fourth-order valence-electron chi connectivity index (χ4n) is 2.47. The molecule has 0 spiro atoms. The van der Waals surface area contributed by atoms with Crippen LogP contribution in [0.4, 0.5) is 0 Å². The van der Waals surface area contributed by atoms with Crippen molar-refractivity contribution in [3.8, 4) is 11.1 Å². The summed E-state index contributed by atoms with van der Waals surface area (Å²) in [6.45, 7) is 12.9. The average Bonchev–Trinajstić information content (AvgIpc) is 2.41. The highest BCUT2D eigenvalue weighted by molar-refractivity contribution is 5.74. The highest BCUT2D eigenvalue weighted by atomic mass is 14.2. The van der Waals surface area contributed by atoms with Gasteiger partial charge in [0.05, 0.1) is 0 Å². The molecule has 0 heteroatoms. The van der Waals surface area contributed by atoms with E-state index in [-0.39, 0.29) is 0 Å². The molecule has 0 N–H and O–H groups in total. The van der Waals surface area contributed by atoms with E-state index in [0.29, 0.717) is 5.92 Å². The molecule has 0 saturated carbocycles. The topological polar surface area (TPSA) is 0 Å². The third-order valence-corrected chi connectivity index (χ3v) is 3.33. The molecule has 0 amide bonds. The van der Waals surface area contributed by atoms with Crippen molar-refractivity contribution in [2.24, 2.45) is 0 Å². The second-order valence-corrected chi connectivity index (χ2v) is 5.01. The van der Waals surface area contributed by atoms with Crippen LogP contribution in [0.3, 0.4) is 0 Å². The molecule has 0 fully saturated rings. The van der Waals surface area contributed by atoms with Crippen LogP contribution in [0.1, 0.15) is 50.3 Å². The summed E-state index contributed by atoms with van der Waals surface area (Å²) >= 11 is 0. The normalized spacial score (nSPS) is 10.1. The fourth-order valence-corrected chi connectivity index (χ4v) is 2.47. The molecule has 0 aliphatic heterocycles. The summed E-state index contributed by atoms with van der Waals surface area (Å²) in [5.41, 5.74) is 6.94. The lowest BCUT2D eigenvalue weighted by Crippen LogP contribution is -1.95. The number of hydrogen-bond acceptors (Lipinski definition) is 0. The second kappa shape index (κ2) is 7.13. The molecule has 2 aromatic carbocycles. The van der Waals surface area contributed by atoms with Gasteiger partial charge in [0.25, 0.3) is 0 Å². The zero-order valence-electron chi connectivity index (χ0n) is 13.1. The van der Waals surface area contributed by atoms with Gasteiger partial charge < -0.3 is 0 Å². The van der Waals surface area contributed by atoms with Crippen molar-refractivity contribution in [1.82, 2.24) is 0 Å². The van der Waals surface area contributed by atoms with Gasteiger partial charge in [0.15, 0.2) is 0 Å². The van der Waals surface area contributed by atoms with E-state index < -0.39 is 0 Å². The lowest BCUT2D eigenvalue weighted by molar-refractivity contribution is 0.868. The van der Waals surface area contributed by atoms with Crippen LogP contribution in [0.25, 0.3) is 11.1 Å². The van der Waals surface area contributed by atoms with E-state index in [1.165, 1.54) is 27.8 Å². The molecular weight excluding hydrogens is 228 g/mol. The Hall–Kier alpha value is -1.56. The molecular formula is C19H26. The van der Waals surface area contributed by atoms with E-state index in [1.807, 2.05) is 13.8 Å². The van der Waals surface area contributed by atoms with Crippen LogP contribution in [0.15, 0.2) is 42.5 Å². The number of aryl methyl sites for hydroxylation is 2. The Bertz CT molecular complexity index is 501. The third kappa shape index (κ3) is 3.47. The highest BCUT2D eigenvalue weighted by Crippen LogP contribution is 2.33. The Morgan fingerprint density at radius 1 is 0.737 bits per heavy atom. The van der Waals surface area contributed by atoms with E-state index in [0.717, 1.165) is 0 Å². The summed E-state index contributed by atoms with van der Waals surface area (Å²) in [6.07, 6.45) is 0. The molecule has 0 nitrogen and oxygen atoms in total. The largest absolute Gasteiger partial charge is 0.0683 e. The van der Waals surface area contributed by atoms with Crippen LogP contribution >= 0.6 is 0 Å². The Labute approximate surface area is 118 Å². The predicted octanol–water partition coefficient (Wildman–Crippen LogP) is 6.12. The second-order valence-electron chi connectivity index (χ2n) is 5.01. The van der Waals surface area contributed by atoms with Gasteiger partial charge in [-0.2, -0.15) is 0 Å². The van der Waals surface area contributed by atoms with Gasteiger partial charge in [0, 0.05) is 0 Å². The molecule has 2 aromatic rings. The summed E-state index contributed by atoms with van der Waals surface area (Å²) in [4.78, 5) is 0. The van der Waals surface area contributed by atoms with Crippen molar-refractivity contribution in [2.75, 3.05) is 0 Å². The molecule has 0 bridgehead atoms. The molecule has 0 radical (unpaired) electrons. The van der Waals surface area contributed by atoms with E-state index in [1.54, 1.807) is 0 Å². The molecule has 0 aliphatic rings. The number of hydrogen-bond donors (Lipinski definition) is 0. The van der Waals surface area contributed by atoms with Crippen molar-refractivity contribution in [1.29, 1.82) is 0 Å². The van der Waals surface area contributed by atoms with Crippen LogP contribution in [-0.4, -0.2) is 0 Å². The minimum atomic E-state index is 0.560. The van der Waals surface area contributed by atoms with Crippen molar-refractivity contribution in [2.45, 2.75) is 47.5 Å². The summed E-state index contributed by atoms with van der Waals surface area (Å²) in [7, 11) is 0. The maximum Gasteiger partial charge on any atom is -0.0123 e. The summed E-state index contributed by atoms with van der Waals surface area (Å²) in [5, 5.41) is 0. The molecule has 0 heterocycles. The minimum absolute atomic E-state index is 0.560. The van der Waals surface area contributed by atoms with Crippen molar-refractivity contribution < 1.29 is 0 Å². The van der Waals surface area contributed by atoms with E-state index in [2.05, 4.69) is 70.2 Å². The Morgan fingerprint density at radius 3 is 1.79 bits per heavy atom. The van der Waals surface area contributed by atoms with Crippen LogP contribution in [0, 0.1) is 13.8 Å². The van der Waals surface area contributed by atoms with Crippen LogP contribution in [0.2, 0.25) is 0 Å². The quantitative estimate of drug-likeness (QED) is 0.605. The van der Waals surface area contributed by atoms with E-state index >= 15 is 0 Å². The lowest BCUT2D eigenvalue weighted by atomic mass is 9.88. The van der Waals surface area contributed by atoms with Crippen LogP contribution in [0.5, 0.6) is 0 Å². The first-order valence-corrected chi connectivity index (χ1v) is 7.26. The molecule has 2 rings (SSSR count). The smallest absolute Gasteiger partial charge is 0.0123 e. The first-order chi connectivity index (χ1) is 9.11. The first kappa shape index (κ1) is 15.5. The van der Waals surface area contributed by atoms with Crippen molar-refractivity contribution in [3.63, 3.8) is 0 Å². The molecule has 0 aliphatic carbocycles. The van der Waals surface area contributed by atoms with Crippen molar-refractivity contribution in [3.05, 3.63) is 59.2 Å². The van der Waals surface area contributed by atoms with Crippen LogP contribution in [-0.2, 0) is 0 Å². The summed E-state index contributed by atoms with van der Waals surface area (Å²) in [6, 6.07) is 15.3. The zero-order valence-corrected chi connectivity index (χ0v) is 13.1. The predicted molar refractivity (Wildman–Crippen MR) is 86.8 cm³/mol. The maximum atomic E-state index is 2.26.